The Morgan fingerprint density at radius 1 is 1.04 bits per heavy atom. The summed E-state index contributed by atoms with van der Waals surface area (Å²) in [4.78, 5) is 12.3. The zero-order chi connectivity index (χ0) is 19.5. The van der Waals surface area contributed by atoms with Crippen molar-refractivity contribution in [1.82, 2.24) is 0 Å². The summed E-state index contributed by atoms with van der Waals surface area (Å²) >= 11 is 0. The van der Waals surface area contributed by atoms with Gasteiger partial charge in [0.05, 0.1) is 10.5 Å². The van der Waals surface area contributed by atoms with Crippen molar-refractivity contribution in [3.63, 3.8) is 0 Å². The molecule has 0 heterocycles. The van der Waals surface area contributed by atoms with Gasteiger partial charge in [0.15, 0.2) is 9.84 Å². The maximum Gasteiger partial charge on any atom is 0.155 e. The molecule has 0 aromatic heterocycles. The van der Waals surface area contributed by atoms with Crippen molar-refractivity contribution in [2.75, 3.05) is 5.75 Å². The number of unbranched alkanes of at least 4 members (excludes halogenated alkanes) is 2. The van der Waals surface area contributed by atoms with E-state index in [0.717, 1.165) is 18.4 Å². The second kappa shape index (κ2) is 8.24. The molecule has 2 atom stereocenters. The summed E-state index contributed by atoms with van der Waals surface area (Å²) in [5, 5.41) is 0. The molecule has 1 aromatic carbocycles. The minimum atomic E-state index is -3.05. The van der Waals surface area contributed by atoms with Crippen molar-refractivity contribution >= 4 is 15.6 Å². The maximum absolute atomic E-state index is 12.3. The normalized spacial score (nSPS) is 20.2. The lowest BCUT2D eigenvalue weighted by Gasteiger charge is -2.18. The molecule has 0 radical (unpaired) electrons. The van der Waals surface area contributed by atoms with E-state index < -0.39 is 14.6 Å². The molecule has 0 saturated carbocycles. The van der Waals surface area contributed by atoms with Gasteiger partial charge in [-0.1, -0.05) is 38.5 Å². The number of ketones is 1. The lowest BCUT2D eigenvalue weighted by molar-refractivity contribution is -0.118. The molecular formula is C22H34O3S. The monoisotopic (exact) mass is 378 g/mol. The Hall–Kier alpha value is -1.16. The molecule has 26 heavy (non-hydrogen) atoms. The van der Waals surface area contributed by atoms with E-state index in [-0.39, 0.29) is 11.5 Å². The fourth-order valence-electron chi connectivity index (χ4n) is 3.81. The predicted molar refractivity (Wildman–Crippen MR) is 109 cm³/mol. The molecule has 2 rings (SSSR count). The molecule has 0 aliphatic heterocycles. The summed E-state index contributed by atoms with van der Waals surface area (Å²) in [6, 6.07) is 6.52. The van der Waals surface area contributed by atoms with Crippen LogP contribution in [0.2, 0.25) is 0 Å². The third-order valence-corrected chi connectivity index (χ3v) is 8.32. The first-order chi connectivity index (χ1) is 12.0. The number of hydrogen-bond acceptors (Lipinski definition) is 3. The first-order valence-electron chi connectivity index (χ1n) is 9.88. The predicted octanol–water partition coefficient (Wildman–Crippen LogP) is 5.18. The van der Waals surface area contributed by atoms with Crippen molar-refractivity contribution in [1.29, 1.82) is 0 Å². The number of fused-ring (bicyclic) bond motifs is 1. The van der Waals surface area contributed by atoms with Crippen LogP contribution in [0.25, 0.3) is 0 Å². The summed E-state index contributed by atoms with van der Waals surface area (Å²) in [7, 11) is -3.05. The molecule has 0 saturated heterocycles. The highest BCUT2D eigenvalue weighted by molar-refractivity contribution is 7.92. The zero-order valence-electron chi connectivity index (χ0n) is 17.0. The smallest absolute Gasteiger partial charge is 0.155 e. The third kappa shape index (κ3) is 5.18. The lowest BCUT2D eigenvalue weighted by atomic mass is 9.97. The number of sulfone groups is 1. The topological polar surface area (TPSA) is 51.2 Å². The van der Waals surface area contributed by atoms with Gasteiger partial charge in [-0.05, 0) is 68.6 Å². The number of rotatable bonds is 8. The maximum atomic E-state index is 12.3. The van der Waals surface area contributed by atoms with Gasteiger partial charge in [0, 0.05) is 12.8 Å². The van der Waals surface area contributed by atoms with Gasteiger partial charge >= 0.3 is 0 Å². The largest absolute Gasteiger partial charge is 0.299 e. The number of hydrogen-bond donors (Lipinski definition) is 0. The number of benzene rings is 1. The number of Topliss-reactive ketones (excluding diaryl/α,β-unsaturated/α-hetero) is 1. The van der Waals surface area contributed by atoms with Gasteiger partial charge in [-0.15, -0.1) is 0 Å². The number of carbonyl (C=O) groups excluding carboxylic acids is 1. The highest BCUT2D eigenvalue weighted by Crippen LogP contribution is 2.41. The van der Waals surface area contributed by atoms with Gasteiger partial charge in [0.1, 0.15) is 5.78 Å². The highest BCUT2D eigenvalue weighted by atomic mass is 32.2. The molecule has 1 aliphatic carbocycles. The van der Waals surface area contributed by atoms with E-state index in [9.17, 15) is 13.2 Å². The van der Waals surface area contributed by atoms with Crippen LogP contribution in [0.15, 0.2) is 18.2 Å². The van der Waals surface area contributed by atoms with Crippen LogP contribution in [0.4, 0.5) is 0 Å². The molecule has 0 amide bonds. The Morgan fingerprint density at radius 3 is 2.35 bits per heavy atom. The van der Waals surface area contributed by atoms with Crippen molar-refractivity contribution in [2.24, 2.45) is 0 Å². The Labute approximate surface area is 159 Å². The van der Waals surface area contributed by atoms with Gasteiger partial charge in [0.2, 0.25) is 0 Å². The zero-order valence-corrected chi connectivity index (χ0v) is 17.8. The average Bonchev–Trinajstić information content (AvgIpc) is 2.80. The molecule has 0 fully saturated rings. The first kappa shape index (κ1) is 21.1. The molecule has 2 unspecified atom stereocenters. The molecule has 146 valence electrons. The Kier molecular flexibility index (Phi) is 6.70. The van der Waals surface area contributed by atoms with E-state index >= 15 is 0 Å². The van der Waals surface area contributed by atoms with Crippen LogP contribution in [0, 0.1) is 0 Å². The third-order valence-electron chi connectivity index (χ3n) is 5.62. The minimum Gasteiger partial charge on any atom is -0.299 e. The fraction of sp³-hybridized carbons (Fsp3) is 0.682. The van der Waals surface area contributed by atoms with E-state index in [1.165, 1.54) is 17.5 Å². The van der Waals surface area contributed by atoms with E-state index in [1.807, 2.05) is 0 Å². The molecule has 1 aromatic rings. The first-order valence-corrected chi connectivity index (χ1v) is 11.5. The van der Waals surface area contributed by atoms with Crippen LogP contribution in [-0.2, 0) is 21.1 Å². The fourth-order valence-corrected chi connectivity index (χ4v) is 5.00. The van der Waals surface area contributed by atoms with Gasteiger partial charge in [-0.3, -0.25) is 4.79 Å². The molecule has 0 N–H and O–H groups in total. The lowest BCUT2D eigenvalue weighted by Crippen LogP contribution is -2.30. The van der Waals surface area contributed by atoms with Crippen LogP contribution in [0.5, 0.6) is 0 Å². The van der Waals surface area contributed by atoms with Crippen LogP contribution in [-0.4, -0.2) is 24.7 Å². The van der Waals surface area contributed by atoms with Gasteiger partial charge in [0.25, 0.3) is 0 Å². The van der Waals surface area contributed by atoms with Gasteiger partial charge < -0.3 is 0 Å². The SMILES string of the molecule is CC1CC(C)c2cc(CC(=O)CCCCCS(=O)(=O)C(C)(C)C)ccc21. The number of carbonyl (C=O) groups is 1. The molecule has 4 heteroatoms. The van der Waals surface area contributed by atoms with Crippen molar-refractivity contribution < 1.29 is 13.2 Å². The van der Waals surface area contributed by atoms with Crippen LogP contribution < -0.4 is 0 Å². The van der Waals surface area contributed by atoms with Crippen LogP contribution >= 0.6 is 0 Å². The van der Waals surface area contributed by atoms with Crippen LogP contribution in [0.3, 0.4) is 0 Å². The Morgan fingerprint density at radius 2 is 1.69 bits per heavy atom. The van der Waals surface area contributed by atoms with Crippen molar-refractivity contribution in [3.8, 4) is 0 Å². The second-order valence-corrected chi connectivity index (χ2v) is 11.8. The van der Waals surface area contributed by atoms with Gasteiger partial charge in [-0.25, -0.2) is 8.42 Å². The highest BCUT2D eigenvalue weighted by Gasteiger charge is 2.28. The standard InChI is InChI=1S/C22H34O3S/c1-16-13-17(2)21-15-18(10-11-20(16)21)14-19(23)9-7-6-8-12-26(24,25)22(3,4)5/h10-11,15-17H,6-9,12-14H2,1-5H3. The summed E-state index contributed by atoms with van der Waals surface area (Å²) in [6.07, 6.45) is 4.44. The summed E-state index contributed by atoms with van der Waals surface area (Å²) in [5.74, 6) is 1.67. The molecular weight excluding hydrogens is 344 g/mol. The van der Waals surface area contributed by atoms with E-state index in [4.69, 9.17) is 0 Å². The quantitative estimate of drug-likeness (QED) is 0.585. The minimum absolute atomic E-state index is 0.214. The van der Waals surface area contributed by atoms with E-state index in [0.29, 0.717) is 31.1 Å². The summed E-state index contributed by atoms with van der Waals surface area (Å²) in [6.45, 7) is 9.75. The van der Waals surface area contributed by atoms with Crippen molar-refractivity contribution in [3.05, 3.63) is 34.9 Å². The van der Waals surface area contributed by atoms with Crippen molar-refractivity contribution in [2.45, 2.75) is 89.7 Å². The summed E-state index contributed by atoms with van der Waals surface area (Å²) < 4.78 is 23.4. The summed E-state index contributed by atoms with van der Waals surface area (Å²) in [5.41, 5.74) is 3.97. The molecule has 0 bridgehead atoms. The van der Waals surface area contributed by atoms with Crippen LogP contribution in [0.1, 0.15) is 95.2 Å². The van der Waals surface area contributed by atoms with E-state index in [2.05, 4.69) is 32.0 Å². The molecule has 3 nitrogen and oxygen atoms in total. The van der Waals surface area contributed by atoms with E-state index in [1.54, 1.807) is 20.8 Å². The second-order valence-electron chi connectivity index (χ2n) is 8.96. The molecule has 0 spiro atoms. The Balaban J connectivity index is 1.76. The van der Waals surface area contributed by atoms with Gasteiger partial charge in [-0.2, -0.15) is 0 Å². The average molecular weight is 379 g/mol. The Bertz CT molecular complexity index is 741. The molecule has 1 aliphatic rings.